The third-order valence-corrected chi connectivity index (χ3v) is 11.9. The van der Waals surface area contributed by atoms with Gasteiger partial charge in [-0.25, -0.2) is 9.97 Å². The second-order valence-corrected chi connectivity index (χ2v) is 17.0. The third kappa shape index (κ3) is 12.0. The highest BCUT2D eigenvalue weighted by molar-refractivity contribution is 6.06. The molecule has 2 aromatic heterocycles. The van der Waals surface area contributed by atoms with Crippen LogP contribution in [0.3, 0.4) is 0 Å². The standard InChI is InChI=1S/C28H42N6.C24H29N/c1-6-7-14-25-33-26-27(22-12-8-9-13-24(22)32-28(26)30)34(25)18-11-10-17-31-20(4)15-16-23(29)21(5)19(2)3;1-18(2)19(3)13-14-20(4)25-17-23-11-6-5-9-21(23)15-16-22-10-7-8-12-24(22)25/h8-9,12-13,19,23,31H,4-7,10-11,14-18,29H2,1-3H3,(H2,30,32);5-12,18H,3-4,13-17H2,1-2H3. The monoisotopic (exact) mass is 794 g/mol. The van der Waals surface area contributed by atoms with Crippen molar-refractivity contribution >= 4 is 33.4 Å². The molecule has 314 valence electrons. The van der Waals surface area contributed by atoms with E-state index in [0.717, 1.165) is 129 Å². The van der Waals surface area contributed by atoms with Crippen molar-refractivity contribution in [3.05, 3.63) is 144 Å². The lowest BCUT2D eigenvalue weighted by Crippen LogP contribution is -2.26. The van der Waals surface area contributed by atoms with Crippen molar-refractivity contribution in [1.29, 1.82) is 0 Å². The van der Waals surface area contributed by atoms with E-state index in [1.54, 1.807) is 0 Å². The smallest absolute Gasteiger partial charge is 0.152 e. The molecule has 7 nitrogen and oxygen atoms in total. The molecule has 0 saturated carbocycles. The van der Waals surface area contributed by atoms with Crippen LogP contribution in [-0.2, 0) is 32.4 Å². The summed E-state index contributed by atoms with van der Waals surface area (Å²) in [5, 5.41) is 4.59. The number of rotatable bonds is 19. The first-order valence-electron chi connectivity index (χ1n) is 22.1. The molecule has 1 unspecified atom stereocenters. The molecule has 3 heterocycles. The molecule has 59 heavy (non-hydrogen) atoms. The van der Waals surface area contributed by atoms with E-state index in [9.17, 15) is 0 Å². The molecule has 5 aromatic rings. The van der Waals surface area contributed by atoms with E-state index < -0.39 is 0 Å². The van der Waals surface area contributed by atoms with Gasteiger partial charge in [0.1, 0.15) is 11.3 Å². The highest BCUT2D eigenvalue weighted by Gasteiger charge is 2.20. The van der Waals surface area contributed by atoms with Gasteiger partial charge in [0.15, 0.2) is 5.82 Å². The second-order valence-electron chi connectivity index (χ2n) is 17.0. The summed E-state index contributed by atoms with van der Waals surface area (Å²) in [5.41, 5.74) is 25.7. The Kier molecular flexibility index (Phi) is 16.6. The molecular weight excluding hydrogens is 723 g/mol. The number of benzene rings is 3. The van der Waals surface area contributed by atoms with Crippen molar-refractivity contribution in [2.45, 2.75) is 124 Å². The van der Waals surface area contributed by atoms with Gasteiger partial charge in [0, 0.05) is 54.6 Å². The molecule has 7 heteroatoms. The molecule has 3 aromatic carbocycles. The topological polar surface area (TPSA) is 98.0 Å². The lowest BCUT2D eigenvalue weighted by atomic mass is 9.94. The Balaban J connectivity index is 0.000000235. The van der Waals surface area contributed by atoms with Gasteiger partial charge in [-0.05, 0) is 98.4 Å². The molecule has 0 radical (unpaired) electrons. The Morgan fingerprint density at radius 3 is 2.19 bits per heavy atom. The number of pyridine rings is 1. The van der Waals surface area contributed by atoms with Crippen LogP contribution in [0.15, 0.2) is 122 Å². The van der Waals surface area contributed by atoms with Crippen LogP contribution in [0.5, 0.6) is 0 Å². The van der Waals surface area contributed by atoms with Gasteiger partial charge in [0.05, 0.1) is 11.0 Å². The van der Waals surface area contributed by atoms with E-state index in [2.05, 4.69) is 141 Å². The molecule has 1 aliphatic heterocycles. The molecule has 0 bridgehead atoms. The zero-order chi connectivity index (χ0) is 42.5. The third-order valence-electron chi connectivity index (χ3n) is 11.9. The number of unbranched alkanes of at least 4 members (excludes halogenated alkanes) is 2. The first-order chi connectivity index (χ1) is 28.4. The Labute approximate surface area is 355 Å². The number of anilines is 2. The minimum Gasteiger partial charge on any atom is -0.389 e. The Morgan fingerprint density at radius 1 is 0.780 bits per heavy atom. The molecule has 0 amide bonds. The summed E-state index contributed by atoms with van der Waals surface area (Å²) in [6, 6.07) is 25.8. The van der Waals surface area contributed by atoms with Gasteiger partial charge in [0.25, 0.3) is 0 Å². The fourth-order valence-corrected chi connectivity index (χ4v) is 7.84. The molecule has 6 rings (SSSR count). The fraction of sp³-hybridized carbons (Fsp3) is 0.423. The van der Waals surface area contributed by atoms with Gasteiger partial charge < -0.3 is 26.3 Å². The number of hydrogen-bond donors (Lipinski definition) is 3. The van der Waals surface area contributed by atoms with Gasteiger partial charge in [-0.15, -0.1) is 0 Å². The zero-order valence-corrected chi connectivity index (χ0v) is 36.8. The molecule has 1 aliphatic rings. The van der Waals surface area contributed by atoms with Crippen LogP contribution >= 0.6 is 0 Å². The highest BCUT2D eigenvalue weighted by Crippen LogP contribution is 2.33. The SMILES string of the molecule is C=C(CCC(=C)N1Cc2ccccc2CCc2ccccc21)C(C)C.C=C(CCC(N)C(=C)C(C)C)NCCCCn1c(CCCC)nc2c(N)nc3ccccc3c21. The number of fused-ring (bicyclic) bond motifs is 5. The number of nitrogens with two attached hydrogens (primary N) is 2. The van der Waals surface area contributed by atoms with Crippen LogP contribution in [-0.4, -0.2) is 27.1 Å². The maximum Gasteiger partial charge on any atom is 0.152 e. The summed E-state index contributed by atoms with van der Waals surface area (Å²) in [5.74, 6) is 2.58. The average Bonchev–Trinajstić information content (AvgIpc) is 3.60. The minimum atomic E-state index is 0.0337. The number of aromatic nitrogens is 3. The van der Waals surface area contributed by atoms with Crippen molar-refractivity contribution in [3.63, 3.8) is 0 Å². The van der Waals surface area contributed by atoms with Crippen LogP contribution in [0.1, 0.15) is 109 Å². The number of allylic oxidation sites excluding steroid dienone is 3. The van der Waals surface area contributed by atoms with Gasteiger partial charge in [-0.2, -0.15) is 0 Å². The lowest BCUT2D eigenvalue weighted by molar-refractivity contribution is 0.561. The molecular formula is C52H71N7. The van der Waals surface area contributed by atoms with Crippen LogP contribution in [0.4, 0.5) is 11.5 Å². The van der Waals surface area contributed by atoms with Gasteiger partial charge in [-0.1, -0.05) is 139 Å². The van der Waals surface area contributed by atoms with E-state index in [-0.39, 0.29) is 6.04 Å². The van der Waals surface area contributed by atoms with E-state index in [1.165, 1.54) is 33.6 Å². The van der Waals surface area contributed by atoms with E-state index >= 15 is 0 Å². The van der Waals surface area contributed by atoms with E-state index in [0.29, 0.717) is 17.7 Å². The summed E-state index contributed by atoms with van der Waals surface area (Å²) in [6.45, 7) is 30.6. The summed E-state index contributed by atoms with van der Waals surface area (Å²) in [6.07, 6.45) is 11.2. The fourth-order valence-electron chi connectivity index (χ4n) is 7.84. The number of para-hydroxylation sites is 2. The van der Waals surface area contributed by atoms with Crippen molar-refractivity contribution in [2.75, 3.05) is 17.2 Å². The average molecular weight is 794 g/mol. The second kappa shape index (κ2) is 21.7. The summed E-state index contributed by atoms with van der Waals surface area (Å²) >= 11 is 0. The van der Waals surface area contributed by atoms with Crippen molar-refractivity contribution in [3.8, 4) is 0 Å². The van der Waals surface area contributed by atoms with Crippen molar-refractivity contribution < 1.29 is 0 Å². The van der Waals surface area contributed by atoms with Crippen LogP contribution < -0.4 is 21.7 Å². The quantitative estimate of drug-likeness (QED) is 0.0569. The summed E-state index contributed by atoms with van der Waals surface area (Å²) in [7, 11) is 0. The predicted octanol–water partition coefficient (Wildman–Crippen LogP) is 12.0. The van der Waals surface area contributed by atoms with Crippen molar-refractivity contribution in [1.82, 2.24) is 19.9 Å². The summed E-state index contributed by atoms with van der Waals surface area (Å²) < 4.78 is 2.37. The highest BCUT2D eigenvalue weighted by atomic mass is 15.1. The van der Waals surface area contributed by atoms with Gasteiger partial charge in [-0.3, -0.25) is 0 Å². The lowest BCUT2D eigenvalue weighted by Gasteiger charge is -2.32. The molecule has 0 aliphatic carbocycles. The maximum atomic E-state index is 6.31. The maximum absolute atomic E-state index is 6.31. The number of imidazole rings is 1. The molecule has 0 spiro atoms. The predicted molar refractivity (Wildman–Crippen MR) is 254 cm³/mol. The minimum absolute atomic E-state index is 0.0337. The Bertz CT molecular complexity index is 2210. The first kappa shape index (κ1) is 45.0. The first-order valence-corrected chi connectivity index (χ1v) is 22.1. The number of nitrogens with one attached hydrogen (secondary N) is 1. The normalized spacial score (nSPS) is 13.0. The van der Waals surface area contributed by atoms with Crippen LogP contribution in [0.25, 0.3) is 21.9 Å². The molecule has 0 fully saturated rings. The molecule has 5 N–H and O–H groups in total. The number of aryl methyl sites for hydroxylation is 4. The largest absolute Gasteiger partial charge is 0.389 e. The van der Waals surface area contributed by atoms with Crippen LogP contribution in [0.2, 0.25) is 0 Å². The molecule has 0 saturated heterocycles. The van der Waals surface area contributed by atoms with E-state index in [1.807, 2.05) is 12.1 Å². The van der Waals surface area contributed by atoms with Gasteiger partial charge >= 0.3 is 0 Å². The summed E-state index contributed by atoms with van der Waals surface area (Å²) in [4.78, 5) is 11.9. The Morgan fingerprint density at radius 2 is 1.46 bits per heavy atom. The number of nitrogen functional groups attached to an aromatic ring is 1. The van der Waals surface area contributed by atoms with Gasteiger partial charge in [0.2, 0.25) is 0 Å². The van der Waals surface area contributed by atoms with Crippen molar-refractivity contribution in [2.24, 2.45) is 17.6 Å². The molecule has 1 atom stereocenters. The zero-order valence-electron chi connectivity index (χ0n) is 36.8. The Hall–Kier alpha value is -5.14. The van der Waals surface area contributed by atoms with Crippen LogP contribution in [0, 0.1) is 11.8 Å². The number of hydrogen-bond acceptors (Lipinski definition) is 6. The van der Waals surface area contributed by atoms with E-state index in [4.69, 9.17) is 16.5 Å². The number of nitrogens with zero attached hydrogens (tertiary/aromatic N) is 4.